The maximum atomic E-state index is 11.9. The van der Waals surface area contributed by atoms with Crippen LogP contribution >= 0.6 is 0 Å². The zero-order chi connectivity index (χ0) is 17.7. The smallest absolute Gasteiger partial charge is 0.187 e. The highest BCUT2D eigenvalue weighted by molar-refractivity contribution is 5.54. The summed E-state index contributed by atoms with van der Waals surface area (Å²) in [4.78, 5) is 17.3. The molecule has 5 rings (SSSR count). The number of pyridine rings is 1. The molecule has 26 heavy (non-hydrogen) atoms. The first-order chi connectivity index (χ1) is 12.6. The normalized spacial score (nSPS) is 22.4. The first kappa shape index (κ1) is 16.1. The summed E-state index contributed by atoms with van der Waals surface area (Å²) in [5, 5.41) is 10.5. The van der Waals surface area contributed by atoms with Crippen LogP contribution < -0.4 is 10.3 Å². The zero-order valence-electron chi connectivity index (χ0n) is 14.8. The molecule has 0 amide bonds. The second-order valence-corrected chi connectivity index (χ2v) is 8.19. The molecule has 1 spiro atoms. The van der Waals surface area contributed by atoms with Gasteiger partial charge in [0.1, 0.15) is 0 Å². The maximum absolute atomic E-state index is 11.9. The van der Waals surface area contributed by atoms with Crippen molar-refractivity contribution in [1.82, 2.24) is 4.98 Å². The van der Waals surface area contributed by atoms with Crippen molar-refractivity contribution in [1.29, 1.82) is 0 Å². The number of aliphatic hydroxyl groups excluding tert-OH is 1. The number of rotatable bonds is 3. The highest BCUT2D eigenvalue weighted by atomic mass is 16.5. The van der Waals surface area contributed by atoms with Crippen LogP contribution in [0.1, 0.15) is 35.6 Å². The number of aromatic nitrogens is 1. The van der Waals surface area contributed by atoms with E-state index in [1.54, 1.807) is 12.4 Å². The van der Waals surface area contributed by atoms with E-state index in [4.69, 9.17) is 4.74 Å². The molecular weight excluding hydrogens is 328 g/mol. The lowest BCUT2D eigenvalue weighted by Crippen LogP contribution is -2.63. The van der Waals surface area contributed by atoms with Crippen LogP contribution in [0, 0.1) is 11.3 Å². The van der Waals surface area contributed by atoms with Crippen LogP contribution in [0.25, 0.3) is 0 Å². The SMILES string of the molecule is O=c1cc[nH]cc1C(O)C1CC2(C1)CN(c1ccc3c(c1)CCOC3)C2. The molecule has 5 nitrogen and oxygen atoms in total. The molecule has 2 aromatic rings. The van der Waals surface area contributed by atoms with Gasteiger partial charge in [0.2, 0.25) is 0 Å². The minimum atomic E-state index is -0.650. The van der Waals surface area contributed by atoms with E-state index >= 15 is 0 Å². The van der Waals surface area contributed by atoms with Crippen molar-refractivity contribution in [3.05, 3.63) is 63.6 Å². The molecule has 2 aliphatic heterocycles. The number of hydrogen-bond donors (Lipinski definition) is 2. The Morgan fingerprint density at radius 3 is 2.88 bits per heavy atom. The monoisotopic (exact) mass is 352 g/mol. The number of ether oxygens (including phenoxy) is 1. The fraction of sp³-hybridized carbons (Fsp3) is 0.476. The molecule has 1 saturated heterocycles. The number of aromatic amines is 1. The van der Waals surface area contributed by atoms with Crippen molar-refractivity contribution in [2.45, 2.75) is 32.0 Å². The van der Waals surface area contributed by atoms with Crippen LogP contribution in [-0.2, 0) is 17.8 Å². The molecule has 1 atom stereocenters. The Morgan fingerprint density at radius 1 is 1.23 bits per heavy atom. The third-order valence-electron chi connectivity index (χ3n) is 6.39. The number of benzene rings is 1. The van der Waals surface area contributed by atoms with E-state index in [1.807, 2.05) is 0 Å². The van der Waals surface area contributed by atoms with E-state index in [0.29, 0.717) is 11.0 Å². The van der Waals surface area contributed by atoms with Gasteiger partial charge >= 0.3 is 0 Å². The molecule has 3 aliphatic rings. The van der Waals surface area contributed by atoms with Crippen molar-refractivity contribution in [3.63, 3.8) is 0 Å². The summed E-state index contributed by atoms with van der Waals surface area (Å²) < 4.78 is 5.51. The van der Waals surface area contributed by atoms with Gasteiger partial charge in [-0.2, -0.15) is 0 Å². The first-order valence-corrected chi connectivity index (χ1v) is 9.43. The van der Waals surface area contributed by atoms with Crippen molar-refractivity contribution in [2.24, 2.45) is 11.3 Å². The molecule has 1 aromatic heterocycles. The van der Waals surface area contributed by atoms with Gasteiger partial charge in [0.05, 0.1) is 19.3 Å². The van der Waals surface area contributed by atoms with Gasteiger partial charge in [0, 0.05) is 48.2 Å². The van der Waals surface area contributed by atoms with Crippen LogP contribution in [0.3, 0.4) is 0 Å². The molecule has 1 aromatic carbocycles. The third kappa shape index (κ3) is 2.58. The minimum absolute atomic E-state index is 0.0783. The highest BCUT2D eigenvalue weighted by Crippen LogP contribution is 2.56. The third-order valence-corrected chi connectivity index (χ3v) is 6.39. The lowest BCUT2D eigenvalue weighted by Gasteiger charge is -2.60. The van der Waals surface area contributed by atoms with Gasteiger partial charge in [0.25, 0.3) is 0 Å². The Hall–Kier alpha value is -2.11. The van der Waals surface area contributed by atoms with Gasteiger partial charge < -0.3 is 19.7 Å². The van der Waals surface area contributed by atoms with Crippen LogP contribution in [0.15, 0.2) is 41.5 Å². The van der Waals surface area contributed by atoms with E-state index in [-0.39, 0.29) is 11.3 Å². The average molecular weight is 352 g/mol. The second kappa shape index (κ2) is 5.96. The van der Waals surface area contributed by atoms with Crippen LogP contribution in [0.4, 0.5) is 5.69 Å². The second-order valence-electron chi connectivity index (χ2n) is 8.19. The molecule has 2 N–H and O–H groups in total. The lowest BCUT2D eigenvalue weighted by molar-refractivity contribution is -0.0513. The maximum Gasteiger partial charge on any atom is 0.187 e. The van der Waals surface area contributed by atoms with Crippen molar-refractivity contribution < 1.29 is 9.84 Å². The van der Waals surface area contributed by atoms with Gasteiger partial charge in [-0.15, -0.1) is 0 Å². The van der Waals surface area contributed by atoms with Crippen LogP contribution in [0.5, 0.6) is 0 Å². The van der Waals surface area contributed by atoms with E-state index in [0.717, 1.165) is 45.6 Å². The molecule has 5 heteroatoms. The minimum Gasteiger partial charge on any atom is -0.388 e. The Kier molecular flexibility index (Phi) is 3.69. The Balaban J connectivity index is 1.22. The number of fused-ring (bicyclic) bond motifs is 1. The van der Waals surface area contributed by atoms with Gasteiger partial charge in [-0.05, 0) is 48.4 Å². The van der Waals surface area contributed by atoms with E-state index in [2.05, 4.69) is 28.1 Å². The standard InChI is InChI=1S/C21H24N2O3/c24-19-3-5-22-10-18(19)20(25)16-8-21(9-16)12-23(13-21)17-2-1-15-11-26-6-4-14(15)7-17/h1-3,5,7,10,16,20,25H,4,6,8-9,11-13H2,(H,22,24). The predicted octanol–water partition coefficient (Wildman–Crippen LogP) is 2.40. The molecule has 2 fully saturated rings. The largest absolute Gasteiger partial charge is 0.388 e. The van der Waals surface area contributed by atoms with Crippen molar-refractivity contribution >= 4 is 5.69 Å². The number of hydrogen-bond acceptors (Lipinski definition) is 4. The summed E-state index contributed by atoms with van der Waals surface area (Å²) in [6.07, 6.45) is 5.60. The molecule has 3 heterocycles. The summed E-state index contributed by atoms with van der Waals surface area (Å²) in [7, 11) is 0. The topological polar surface area (TPSA) is 65.6 Å². The van der Waals surface area contributed by atoms with E-state index in [9.17, 15) is 9.90 Å². The zero-order valence-corrected chi connectivity index (χ0v) is 14.8. The summed E-state index contributed by atoms with van der Waals surface area (Å²) in [5.41, 5.74) is 4.78. The molecule has 1 unspecified atom stereocenters. The highest BCUT2D eigenvalue weighted by Gasteiger charge is 2.54. The van der Waals surface area contributed by atoms with E-state index in [1.165, 1.54) is 22.9 Å². The van der Waals surface area contributed by atoms with E-state index < -0.39 is 6.10 Å². The molecule has 0 radical (unpaired) electrons. The Labute approximate surface area is 152 Å². The number of nitrogens with zero attached hydrogens (tertiary/aromatic N) is 1. The molecule has 0 bridgehead atoms. The summed E-state index contributed by atoms with van der Waals surface area (Å²) in [6.45, 7) is 3.66. The molecule has 1 aliphatic carbocycles. The molecule has 1 saturated carbocycles. The predicted molar refractivity (Wildman–Crippen MR) is 99.2 cm³/mol. The summed E-state index contributed by atoms with van der Waals surface area (Å²) >= 11 is 0. The van der Waals surface area contributed by atoms with Crippen molar-refractivity contribution in [2.75, 3.05) is 24.6 Å². The van der Waals surface area contributed by atoms with Gasteiger partial charge in [-0.25, -0.2) is 0 Å². The van der Waals surface area contributed by atoms with Crippen LogP contribution in [-0.4, -0.2) is 29.8 Å². The van der Waals surface area contributed by atoms with Gasteiger partial charge in [-0.1, -0.05) is 6.07 Å². The molecular formula is C21H24N2O3. The van der Waals surface area contributed by atoms with Gasteiger partial charge in [0.15, 0.2) is 5.43 Å². The van der Waals surface area contributed by atoms with Gasteiger partial charge in [-0.3, -0.25) is 4.79 Å². The number of aliphatic hydroxyl groups is 1. The number of H-pyrrole nitrogens is 1. The van der Waals surface area contributed by atoms with Crippen molar-refractivity contribution in [3.8, 4) is 0 Å². The Morgan fingerprint density at radius 2 is 2.08 bits per heavy atom. The number of nitrogens with one attached hydrogen (secondary N) is 1. The fourth-order valence-electron chi connectivity index (χ4n) is 4.94. The first-order valence-electron chi connectivity index (χ1n) is 9.43. The van der Waals surface area contributed by atoms with Crippen LogP contribution in [0.2, 0.25) is 0 Å². The quantitative estimate of drug-likeness (QED) is 0.890. The molecule has 136 valence electrons. The fourth-order valence-corrected chi connectivity index (χ4v) is 4.94. The summed E-state index contributed by atoms with van der Waals surface area (Å²) in [5.74, 6) is 0.196. The summed E-state index contributed by atoms with van der Waals surface area (Å²) in [6, 6.07) is 8.21. The number of anilines is 1. The average Bonchev–Trinajstić information content (AvgIpc) is 2.59. The Bertz CT molecular complexity index is 877. The lowest BCUT2D eigenvalue weighted by atomic mass is 9.55.